The fraction of sp³-hybridized carbons (Fsp3) is 0.706. The summed E-state index contributed by atoms with van der Waals surface area (Å²) in [6, 6.07) is 0.394. The molecule has 1 saturated heterocycles. The fourth-order valence-electron chi connectivity index (χ4n) is 3.11. The van der Waals surface area contributed by atoms with Crippen molar-refractivity contribution in [1.82, 2.24) is 4.90 Å². The van der Waals surface area contributed by atoms with Crippen LogP contribution in [0.4, 0.5) is 0 Å². The highest BCUT2D eigenvalue weighted by atomic mass is 31.2. The Morgan fingerprint density at radius 3 is 2.90 bits per heavy atom. The quantitative estimate of drug-likeness (QED) is 0.788. The number of allylic oxidation sites excluding steroid dienone is 2. The van der Waals surface area contributed by atoms with Gasteiger partial charge in [-0.3, -0.25) is 0 Å². The molecule has 0 aliphatic carbocycles. The minimum absolute atomic E-state index is 0.394. The van der Waals surface area contributed by atoms with Crippen LogP contribution in [0.1, 0.15) is 32.6 Å². The molecule has 2 aliphatic heterocycles. The van der Waals surface area contributed by atoms with E-state index in [4.69, 9.17) is 5.73 Å². The summed E-state index contributed by atoms with van der Waals surface area (Å²) in [5, 5.41) is 0. The highest BCUT2D eigenvalue weighted by Crippen LogP contribution is 2.41. The second-order valence-corrected chi connectivity index (χ2v) is 10.7. The summed E-state index contributed by atoms with van der Waals surface area (Å²) in [4.78, 5) is 2.62. The zero-order chi connectivity index (χ0) is 14.6. The number of hydrogen-bond acceptors (Lipinski definition) is 2. The predicted octanol–water partition coefficient (Wildman–Crippen LogP) is 3.36. The van der Waals surface area contributed by atoms with Gasteiger partial charge in [0.1, 0.15) is 0 Å². The topological polar surface area (TPSA) is 29.3 Å². The van der Waals surface area contributed by atoms with Crippen LogP contribution in [-0.4, -0.2) is 49.7 Å². The third kappa shape index (κ3) is 4.62. The van der Waals surface area contributed by atoms with Crippen molar-refractivity contribution in [2.24, 2.45) is 11.7 Å². The third-order valence-corrected chi connectivity index (χ3v) is 6.52. The van der Waals surface area contributed by atoms with E-state index in [1.54, 1.807) is 0 Å². The first-order valence-corrected chi connectivity index (χ1v) is 10.9. The third-order valence-electron chi connectivity index (χ3n) is 4.68. The van der Waals surface area contributed by atoms with Gasteiger partial charge in [-0.05, 0) is 57.0 Å². The lowest BCUT2D eigenvalue weighted by Gasteiger charge is -2.35. The number of nitrogens with zero attached hydrogens (tertiary/aromatic N) is 1. The van der Waals surface area contributed by atoms with Gasteiger partial charge in [0.2, 0.25) is 0 Å². The Labute approximate surface area is 125 Å². The standard InChI is InChI=1S/C17H31N2P/c1-4-17(18)16-6-5-10-19(14-16)11-7-15-8-12-20(2,3)13-9-15/h8-9,12-13,16-17H,4-7,10-11,14,18H2,1-3H3. The summed E-state index contributed by atoms with van der Waals surface area (Å²) in [6.07, 6.45) is 9.64. The molecule has 0 bridgehead atoms. The Hall–Kier alpha value is -0.300. The average Bonchev–Trinajstić information content (AvgIpc) is 2.45. The summed E-state index contributed by atoms with van der Waals surface area (Å²) in [6.45, 7) is 9.71. The van der Waals surface area contributed by atoms with E-state index >= 15 is 0 Å². The van der Waals surface area contributed by atoms with Gasteiger partial charge < -0.3 is 10.6 Å². The summed E-state index contributed by atoms with van der Waals surface area (Å²) < 4.78 is 0. The Kier molecular flexibility index (Phi) is 5.72. The van der Waals surface area contributed by atoms with Crippen LogP contribution in [-0.2, 0) is 0 Å². The van der Waals surface area contributed by atoms with Gasteiger partial charge in [0.05, 0.1) is 0 Å². The summed E-state index contributed by atoms with van der Waals surface area (Å²) in [5.74, 6) is 5.56. The summed E-state index contributed by atoms with van der Waals surface area (Å²) >= 11 is 0. The fourth-order valence-corrected chi connectivity index (χ4v) is 4.36. The maximum atomic E-state index is 6.23. The normalized spacial score (nSPS) is 27.8. The molecule has 3 heteroatoms. The van der Waals surface area contributed by atoms with E-state index in [0.29, 0.717) is 12.0 Å². The number of rotatable bonds is 5. The van der Waals surface area contributed by atoms with Crippen LogP contribution in [0.3, 0.4) is 0 Å². The molecule has 0 radical (unpaired) electrons. The highest BCUT2D eigenvalue weighted by molar-refractivity contribution is 7.76. The van der Waals surface area contributed by atoms with Crippen LogP contribution in [0.25, 0.3) is 0 Å². The molecule has 20 heavy (non-hydrogen) atoms. The molecule has 0 aromatic rings. The maximum Gasteiger partial charge on any atom is 0.00767 e. The first kappa shape index (κ1) is 16.1. The number of piperidine rings is 1. The minimum atomic E-state index is -0.869. The van der Waals surface area contributed by atoms with Crippen molar-refractivity contribution in [3.05, 3.63) is 23.5 Å². The van der Waals surface area contributed by atoms with Crippen LogP contribution >= 0.6 is 6.89 Å². The van der Waals surface area contributed by atoms with Gasteiger partial charge in [0.15, 0.2) is 0 Å². The summed E-state index contributed by atoms with van der Waals surface area (Å²) in [5.41, 5.74) is 7.72. The van der Waals surface area contributed by atoms with Gasteiger partial charge in [-0.15, -0.1) is 0 Å². The molecule has 2 N–H and O–H groups in total. The Bertz CT molecular complexity index is 430. The smallest absolute Gasteiger partial charge is 0.00767 e. The molecular weight excluding hydrogens is 263 g/mol. The van der Waals surface area contributed by atoms with E-state index in [2.05, 4.69) is 48.9 Å². The minimum Gasteiger partial charge on any atom is -0.327 e. The van der Waals surface area contributed by atoms with E-state index in [-0.39, 0.29) is 0 Å². The molecule has 0 saturated carbocycles. The van der Waals surface area contributed by atoms with Crippen LogP contribution in [0, 0.1) is 5.92 Å². The molecule has 2 heterocycles. The molecular formula is C17H31N2P. The van der Waals surface area contributed by atoms with E-state index in [0.717, 1.165) is 6.42 Å². The van der Waals surface area contributed by atoms with Crippen molar-refractivity contribution in [3.63, 3.8) is 0 Å². The molecule has 2 unspecified atom stereocenters. The summed E-state index contributed by atoms with van der Waals surface area (Å²) in [7, 11) is 0. The first-order valence-electron chi connectivity index (χ1n) is 8.06. The van der Waals surface area contributed by atoms with E-state index < -0.39 is 6.89 Å². The van der Waals surface area contributed by atoms with Gasteiger partial charge in [0.25, 0.3) is 0 Å². The van der Waals surface area contributed by atoms with Gasteiger partial charge in [-0.25, -0.2) is 0 Å². The van der Waals surface area contributed by atoms with Gasteiger partial charge in [0, 0.05) is 19.1 Å². The van der Waals surface area contributed by atoms with Crippen LogP contribution < -0.4 is 5.73 Å². The molecule has 0 amide bonds. The molecule has 2 atom stereocenters. The van der Waals surface area contributed by atoms with Crippen LogP contribution in [0.15, 0.2) is 23.5 Å². The molecule has 2 nitrogen and oxygen atoms in total. The second-order valence-electron chi connectivity index (χ2n) is 6.86. The van der Waals surface area contributed by atoms with Crippen molar-refractivity contribution in [2.75, 3.05) is 33.0 Å². The SMILES string of the molecule is CCC(N)C1CCCN(CCC2=CC=P(C)(C)C=C2)C1. The number of hydrogen-bond donors (Lipinski definition) is 1. The largest absolute Gasteiger partial charge is 0.327 e. The number of nitrogens with two attached hydrogens (primary N) is 1. The molecule has 2 rings (SSSR count). The zero-order valence-electron chi connectivity index (χ0n) is 13.4. The molecule has 0 spiro atoms. The predicted molar refractivity (Wildman–Crippen MR) is 94.1 cm³/mol. The molecule has 1 fully saturated rings. The first-order chi connectivity index (χ1) is 9.50. The Morgan fingerprint density at radius 2 is 2.25 bits per heavy atom. The maximum absolute atomic E-state index is 6.23. The monoisotopic (exact) mass is 294 g/mol. The van der Waals surface area contributed by atoms with Crippen molar-refractivity contribution in [3.8, 4) is 0 Å². The Morgan fingerprint density at radius 1 is 1.45 bits per heavy atom. The van der Waals surface area contributed by atoms with Crippen LogP contribution in [0.5, 0.6) is 0 Å². The lowest BCUT2D eigenvalue weighted by Crippen LogP contribution is -2.43. The van der Waals surface area contributed by atoms with Gasteiger partial charge in [-0.2, -0.15) is 0 Å². The lowest BCUT2D eigenvalue weighted by atomic mass is 9.89. The molecule has 114 valence electrons. The second kappa shape index (κ2) is 7.11. The average molecular weight is 294 g/mol. The molecule has 2 aliphatic rings. The van der Waals surface area contributed by atoms with Gasteiger partial charge in [-0.1, -0.05) is 37.6 Å². The Balaban J connectivity index is 1.82. The van der Waals surface area contributed by atoms with E-state index in [1.807, 2.05) is 0 Å². The van der Waals surface area contributed by atoms with E-state index in [9.17, 15) is 0 Å². The van der Waals surface area contributed by atoms with E-state index in [1.165, 1.54) is 44.5 Å². The number of likely N-dealkylation sites (tertiary alicyclic amines) is 1. The van der Waals surface area contributed by atoms with Crippen molar-refractivity contribution < 1.29 is 0 Å². The molecule has 0 aromatic heterocycles. The van der Waals surface area contributed by atoms with Crippen molar-refractivity contribution in [1.29, 1.82) is 0 Å². The van der Waals surface area contributed by atoms with Gasteiger partial charge >= 0.3 is 0 Å². The van der Waals surface area contributed by atoms with Crippen LogP contribution in [0.2, 0.25) is 0 Å². The molecule has 0 aromatic carbocycles. The lowest BCUT2D eigenvalue weighted by molar-refractivity contribution is 0.157. The highest BCUT2D eigenvalue weighted by Gasteiger charge is 2.23. The van der Waals surface area contributed by atoms with Crippen molar-refractivity contribution in [2.45, 2.75) is 38.6 Å². The van der Waals surface area contributed by atoms with Crippen molar-refractivity contribution >= 4 is 12.7 Å². The zero-order valence-corrected chi connectivity index (χ0v) is 14.3.